The van der Waals surface area contributed by atoms with Gasteiger partial charge in [-0.2, -0.15) is 0 Å². The molecule has 3 nitrogen and oxygen atoms in total. The fourth-order valence-corrected chi connectivity index (χ4v) is 3.14. The number of Topliss-reactive ketones (excluding diaryl/α,β-unsaturated/α-hetero) is 1. The molecule has 0 aromatic heterocycles. The summed E-state index contributed by atoms with van der Waals surface area (Å²) >= 11 is 0. The number of hydrogen-bond donors (Lipinski definition) is 0. The number of ketones is 1. The summed E-state index contributed by atoms with van der Waals surface area (Å²) < 4.78 is 11.1. The molecule has 0 aromatic rings. The van der Waals surface area contributed by atoms with E-state index in [0.717, 1.165) is 38.5 Å². The lowest BCUT2D eigenvalue weighted by Crippen LogP contribution is -2.52. The van der Waals surface area contributed by atoms with Crippen LogP contribution in [0.5, 0.6) is 0 Å². The SMILES string of the molecule is O=C1CCC2CC3(CCC2C1)OCO3. The van der Waals surface area contributed by atoms with Crippen molar-refractivity contribution in [2.75, 3.05) is 6.79 Å². The third-order valence-corrected chi connectivity index (χ3v) is 4.06. The highest BCUT2D eigenvalue weighted by atomic mass is 16.9. The van der Waals surface area contributed by atoms with E-state index in [9.17, 15) is 4.79 Å². The summed E-state index contributed by atoms with van der Waals surface area (Å²) in [6.07, 6.45) is 5.75. The molecule has 1 aliphatic heterocycles. The molecular formula is C11H16O3. The fourth-order valence-electron chi connectivity index (χ4n) is 3.14. The lowest BCUT2D eigenvalue weighted by Gasteiger charge is -2.50. The van der Waals surface area contributed by atoms with Crippen molar-refractivity contribution in [3.8, 4) is 0 Å². The van der Waals surface area contributed by atoms with E-state index in [0.29, 0.717) is 24.4 Å². The molecule has 78 valence electrons. The van der Waals surface area contributed by atoms with Gasteiger partial charge in [-0.15, -0.1) is 0 Å². The molecule has 1 heterocycles. The summed E-state index contributed by atoms with van der Waals surface area (Å²) in [5.74, 6) is 1.51. The van der Waals surface area contributed by atoms with Crippen molar-refractivity contribution < 1.29 is 14.3 Å². The van der Waals surface area contributed by atoms with Crippen LogP contribution in [0.4, 0.5) is 0 Å². The molecule has 3 rings (SSSR count). The number of carbonyl (C=O) groups is 1. The number of ether oxygens (including phenoxy) is 2. The molecular weight excluding hydrogens is 180 g/mol. The number of rotatable bonds is 0. The maximum atomic E-state index is 11.3. The maximum absolute atomic E-state index is 11.3. The molecule has 2 atom stereocenters. The zero-order valence-electron chi connectivity index (χ0n) is 8.33. The van der Waals surface area contributed by atoms with Gasteiger partial charge in [0.15, 0.2) is 12.6 Å². The molecule has 0 radical (unpaired) electrons. The van der Waals surface area contributed by atoms with E-state index in [1.54, 1.807) is 0 Å². The van der Waals surface area contributed by atoms with Gasteiger partial charge >= 0.3 is 0 Å². The zero-order valence-corrected chi connectivity index (χ0v) is 8.33. The minimum atomic E-state index is -0.235. The predicted octanol–water partition coefficient (Wildman–Crippen LogP) is 1.86. The van der Waals surface area contributed by atoms with Gasteiger partial charge in [0.25, 0.3) is 0 Å². The summed E-state index contributed by atoms with van der Waals surface area (Å²) in [6.45, 7) is 0.469. The van der Waals surface area contributed by atoms with Crippen LogP contribution in [0.3, 0.4) is 0 Å². The van der Waals surface area contributed by atoms with Crippen molar-refractivity contribution >= 4 is 5.78 Å². The molecule has 0 aromatic carbocycles. The van der Waals surface area contributed by atoms with E-state index in [1.165, 1.54) is 0 Å². The Balaban J connectivity index is 1.69. The second-order valence-corrected chi connectivity index (χ2v) is 4.86. The third-order valence-electron chi connectivity index (χ3n) is 4.06. The number of fused-ring (bicyclic) bond motifs is 1. The molecule has 2 saturated carbocycles. The average Bonchev–Trinajstić information content (AvgIpc) is 2.15. The van der Waals surface area contributed by atoms with Gasteiger partial charge in [-0.05, 0) is 24.7 Å². The van der Waals surface area contributed by atoms with Gasteiger partial charge in [-0.3, -0.25) is 4.79 Å². The van der Waals surface area contributed by atoms with E-state index in [-0.39, 0.29) is 5.79 Å². The van der Waals surface area contributed by atoms with E-state index in [1.807, 2.05) is 0 Å². The van der Waals surface area contributed by atoms with Crippen LogP contribution in [0, 0.1) is 11.8 Å². The highest BCUT2D eigenvalue weighted by Gasteiger charge is 2.48. The van der Waals surface area contributed by atoms with Crippen LogP contribution in [-0.2, 0) is 14.3 Å². The van der Waals surface area contributed by atoms with Crippen molar-refractivity contribution in [1.29, 1.82) is 0 Å². The summed E-state index contributed by atoms with van der Waals surface area (Å²) in [5.41, 5.74) is 0. The van der Waals surface area contributed by atoms with Crippen LogP contribution in [0.15, 0.2) is 0 Å². The molecule has 14 heavy (non-hydrogen) atoms. The lowest BCUT2D eigenvalue weighted by atomic mass is 9.68. The molecule has 1 spiro atoms. The molecule has 2 unspecified atom stereocenters. The van der Waals surface area contributed by atoms with Crippen LogP contribution in [0.1, 0.15) is 38.5 Å². The van der Waals surface area contributed by atoms with Gasteiger partial charge in [-0.25, -0.2) is 0 Å². The van der Waals surface area contributed by atoms with E-state index in [2.05, 4.69) is 0 Å². The summed E-state index contributed by atoms with van der Waals surface area (Å²) in [6, 6.07) is 0. The first-order valence-electron chi connectivity index (χ1n) is 5.57. The molecule has 3 heteroatoms. The Bertz CT molecular complexity index is 257. The van der Waals surface area contributed by atoms with E-state index >= 15 is 0 Å². The van der Waals surface area contributed by atoms with Crippen molar-refractivity contribution in [2.45, 2.75) is 44.3 Å². The molecule has 3 aliphatic rings. The van der Waals surface area contributed by atoms with Gasteiger partial charge < -0.3 is 9.47 Å². The van der Waals surface area contributed by atoms with Crippen molar-refractivity contribution in [1.82, 2.24) is 0 Å². The minimum Gasteiger partial charge on any atom is -0.324 e. The van der Waals surface area contributed by atoms with E-state index < -0.39 is 0 Å². The van der Waals surface area contributed by atoms with Crippen molar-refractivity contribution in [3.05, 3.63) is 0 Å². The van der Waals surface area contributed by atoms with Crippen LogP contribution < -0.4 is 0 Å². The van der Waals surface area contributed by atoms with Gasteiger partial charge in [0, 0.05) is 25.7 Å². The Morgan fingerprint density at radius 2 is 2.07 bits per heavy atom. The highest BCUT2D eigenvalue weighted by Crippen LogP contribution is 2.47. The summed E-state index contributed by atoms with van der Waals surface area (Å²) in [5, 5.41) is 0. The Kier molecular flexibility index (Phi) is 1.92. The highest BCUT2D eigenvalue weighted by molar-refractivity contribution is 5.79. The average molecular weight is 196 g/mol. The van der Waals surface area contributed by atoms with Gasteiger partial charge in [0.2, 0.25) is 0 Å². The smallest absolute Gasteiger partial charge is 0.174 e. The van der Waals surface area contributed by atoms with Gasteiger partial charge in [0.05, 0.1) is 0 Å². The second-order valence-electron chi connectivity index (χ2n) is 4.86. The fraction of sp³-hybridized carbons (Fsp3) is 0.909. The van der Waals surface area contributed by atoms with Gasteiger partial charge in [0.1, 0.15) is 5.78 Å². The minimum absolute atomic E-state index is 0.235. The Labute approximate surface area is 83.8 Å². The van der Waals surface area contributed by atoms with Gasteiger partial charge in [-0.1, -0.05) is 0 Å². The molecule has 0 bridgehead atoms. The molecule has 2 aliphatic carbocycles. The van der Waals surface area contributed by atoms with Crippen LogP contribution in [0.2, 0.25) is 0 Å². The van der Waals surface area contributed by atoms with Crippen LogP contribution in [-0.4, -0.2) is 18.4 Å². The second kappa shape index (κ2) is 3.04. The Morgan fingerprint density at radius 1 is 1.21 bits per heavy atom. The Morgan fingerprint density at radius 3 is 2.79 bits per heavy atom. The zero-order chi connectivity index (χ0) is 9.60. The monoisotopic (exact) mass is 196 g/mol. The predicted molar refractivity (Wildman–Crippen MR) is 49.5 cm³/mol. The topological polar surface area (TPSA) is 35.5 Å². The summed E-state index contributed by atoms with van der Waals surface area (Å²) in [4.78, 5) is 11.3. The lowest BCUT2D eigenvalue weighted by molar-refractivity contribution is -0.413. The maximum Gasteiger partial charge on any atom is 0.174 e. The van der Waals surface area contributed by atoms with E-state index in [4.69, 9.17) is 9.47 Å². The van der Waals surface area contributed by atoms with Crippen molar-refractivity contribution in [2.24, 2.45) is 11.8 Å². The first kappa shape index (κ1) is 8.86. The Hall–Kier alpha value is -0.410. The standard InChI is InChI=1S/C11H16O3/c12-10-2-1-9-6-11(13-7-14-11)4-3-8(9)5-10/h8-9H,1-7H2. The largest absolute Gasteiger partial charge is 0.324 e. The third kappa shape index (κ3) is 1.30. The van der Waals surface area contributed by atoms with Crippen LogP contribution in [0.25, 0.3) is 0 Å². The molecule has 3 fully saturated rings. The first-order chi connectivity index (χ1) is 6.77. The quantitative estimate of drug-likeness (QED) is 0.593. The van der Waals surface area contributed by atoms with Crippen LogP contribution >= 0.6 is 0 Å². The molecule has 0 amide bonds. The number of carbonyl (C=O) groups excluding carboxylic acids is 1. The number of hydrogen-bond acceptors (Lipinski definition) is 3. The first-order valence-corrected chi connectivity index (χ1v) is 5.57. The summed E-state index contributed by atoms with van der Waals surface area (Å²) in [7, 11) is 0. The molecule has 1 saturated heterocycles. The normalized spacial score (nSPS) is 40.4. The molecule has 0 N–H and O–H groups in total. The van der Waals surface area contributed by atoms with Crippen molar-refractivity contribution in [3.63, 3.8) is 0 Å².